The molecule has 2 heterocycles. The maximum atomic E-state index is 13.3. The summed E-state index contributed by atoms with van der Waals surface area (Å²) in [5.41, 5.74) is 3.08. The smallest absolute Gasteiger partial charge is 0.321 e. The number of aryl methyl sites for hydroxylation is 2. The first-order chi connectivity index (χ1) is 15.0. The van der Waals surface area contributed by atoms with Crippen LogP contribution in [0.3, 0.4) is 0 Å². The molecule has 1 aliphatic carbocycles. The van der Waals surface area contributed by atoms with E-state index in [4.69, 9.17) is 0 Å². The van der Waals surface area contributed by atoms with Crippen molar-refractivity contribution >= 4 is 17.6 Å². The molecule has 1 N–H and O–H groups in total. The number of carbonyl (C=O) groups is 2. The van der Waals surface area contributed by atoms with Crippen molar-refractivity contribution in [3.63, 3.8) is 0 Å². The Labute approximate surface area is 187 Å². The van der Waals surface area contributed by atoms with E-state index < -0.39 is 0 Å². The van der Waals surface area contributed by atoms with E-state index in [0.717, 1.165) is 75.2 Å². The van der Waals surface area contributed by atoms with Gasteiger partial charge in [0.25, 0.3) is 0 Å². The van der Waals surface area contributed by atoms with Crippen LogP contribution in [0.1, 0.15) is 56.1 Å². The molecule has 6 nitrogen and oxygen atoms in total. The summed E-state index contributed by atoms with van der Waals surface area (Å²) in [6.45, 7) is 9.51. The predicted molar refractivity (Wildman–Crippen MR) is 124 cm³/mol. The molecule has 1 unspecified atom stereocenters. The first kappa shape index (κ1) is 22.1. The molecule has 1 aromatic carbocycles. The second-order valence-electron chi connectivity index (χ2n) is 9.70. The zero-order valence-corrected chi connectivity index (χ0v) is 19.2. The van der Waals surface area contributed by atoms with E-state index in [-0.39, 0.29) is 18.0 Å². The Bertz CT molecular complexity index is 786. The van der Waals surface area contributed by atoms with Gasteiger partial charge in [0, 0.05) is 43.8 Å². The van der Waals surface area contributed by atoms with Gasteiger partial charge in [-0.3, -0.25) is 4.79 Å². The lowest BCUT2D eigenvalue weighted by molar-refractivity contribution is -0.141. The van der Waals surface area contributed by atoms with Gasteiger partial charge in [0.05, 0.1) is 0 Å². The zero-order chi connectivity index (χ0) is 21.8. The summed E-state index contributed by atoms with van der Waals surface area (Å²) >= 11 is 0. The van der Waals surface area contributed by atoms with Crippen molar-refractivity contribution in [2.45, 2.75) is 64.8 Å². The summed E-state index contributed by atoms with van der Waals surface area (Å²) in [6, 6.07) is 6.22. The Morgan fingerprint density at radius 1 is 1.03 bits per heavy atom. The number of nitrogens with zero attached hydrogens (tertiary/aromatic N) is 3. The molecule has 4 rings (SSSR count). The van der Waals surface area contributed by atoms with Gasteiger partial charge in [-0.2, -0.15) is 0 Å². The number of anilines is 1. The van der Waals surface area contributed by atoms with Gasteiger partial charge in [0.2, 0.25) is 5.91 Å². The highest BCUT2D eigenvalue weighted by atomic mass is 16.2. The maximum absolute atomic E-state index is 13.3. The molecule has 1 aromatic rings. The van der Waals surface area contributed by atoms with Crippen LogP contribution in [-0.2, 0) is 4.79 Å². The van der Waals surface area contributed by atoms with Gasteiger partial charge < -0.3 is 20.0 Å². The number of benzene rings is 1. The fourth-order valence-corrected chi connectivity index (χ4v) is 5.08. The summed E-state index contributed by atoms with van der Waals surface area (Å²) in [5.74, 6) is 0.532. The molecule has 0 spiro atoms. The van der Waals surface area contributed by atoms with E-state index in [0.29, 0.717) is 12.5 Å². The third-order valence-corrected chi connectivity index (χ3v) is 7.35. The van der Waals surface area contributed by atoms with Gasteiger partial charge in [-0.15, -0.1) is 0 Å². The normalized spacial score (nSPS) is 22.3. The van der Waals surface area contributed by atoms with E-state index >= 15 is 0 Å². The molecule has 0 bridgehead atoms. The predicted octanol–water partition coefficient (Wildman–Crippen LogP) is 4.02. The van der Waals surface area contributed by atoms with Crippen LogP contribution in [0.4, 0.5) is 10.5 Å². The zero-order valence-electron chi connectivity index (χ0n) is 19.2. The van der Waals surface area contributed by atoms with Crippen LogP contribution in [0.15, 0.2) is 18.2 Å². The lowest BCUT2D eigenvalue weighted by atomic mass is 9.83. The number of rotatable bonds is 6. The van der Waals surface area contributed by atoms with Gasteiger partial charge >= 0.3 is 6.03 Å². The van der Waals surface area contributed by atoms with Crippen LogP contribution in [0, 0.1) is 19.8 Å². The summed E-state index contributed by atoms with van der Waals surface area (Å²) in [6.07, 6.45) is 7.71. The minimum absolute atomic E-state index is 0.0472. The average molecular weight is 427 g/mol. The number of amides is 3. The van der Waals surface area contributed by atoms with Gasteiger partial charge in [0.1, 0.15) is 0 Å². The van der Waals surface area contributed by atoms with Crippen LogP contribution in [-0.4, -0.2) is 71.9 Å². The molecular weight excluding hydrogens is 388 g/mol. The van der Waals surface area contributed by atoms with Crippen molar-refractivity contribution in [3.8, 4) is 0 Å². The summed E-state index contributed by atoms with van der Waals surface area (Å²) in [4.78, 5) is 32.8. The van der Waals surface area contributed by atoms with E-state index in [2.05, 4.69) is 21.2 Å². The molecule has 1 atom stereocenters. The second-order valence-corrected chi connectivity index (χ2v) is 9.70. The Hall–Kier alpha value is -2.08. The quantitative estimate of drug-likeness (QED) is 0.747. The number of piperidine rings is 1. The molecule has 3 aliphatic rings. The molecule has 0 radical (unpaired) electrons. The van der Waals surface area contributed by atoms with Gasteiger partial charge in [0.15, 0.2) is 0 Å². The Balaban J connectivity index is 1.41. The topological polar surface area (TPSA) is 55.9 Å². The number of carbonyl (C=O) groups excluding carboxylic acids is 2. The van der Waals surface area contributed by atoms with Crippen LogP contribution in [0.2, 0.25) is 0 Å². The summed E-state index contributed by atoms with van der Waals surface area (Å²) in [5, 5.41) is 3.11. The fourth-order valence-electron chi connectivity index (χ4n) is 5.08. The van der Waals surface area contributed by atoms with Crippen molar-refractivity contribution in [2.75, 3.05) is 44.6 Å². The molecule has 1 saturated carbocycles. The third kappa shape index (κ3) is 5.40. The van der Waals surface area contributed by atoms with Gasteiger partial charge in [-0.1, -0.05) is 18.6 Å². The lowest BCUT2D eigenvalue weighted by Crippen LogP contribution is -2.55. The highest BCUT2D eigenvalue weighted by Crippen LogP contribution is 2.30. The molecule has 31 heavy (non-hydrogen) atoms. The summed E-state index contributed by atoms with van der Waals surface area (Å²) < 4.78 is 0. The number of hydrogen-bond acceptors (Lipinski definition) is 3. The molecule has 170 valence electrons. The highest BCUT2D eigenvalue weighted by Gasteiger charge is 2.36. The highest BCUT2D eigenvalue weighted by molar-refractivity contribution is 5.90. The molecular formula is C25H38N4O2. The monoisotopic (exact) mass is 426 g/mol. The third-order valence-electron chi connectivity index (χ3n) is 7.35. The largest absolute Gasteiger partial charge is 0.336 e. The maximum Gasteiger partial charge on any atom is 0.321 e. The molecule has 3 fully saturated rings. The Morgan fingerprint density at radius 2 is 1.81 bits per heavy atom. The van der Waals surface area contributed by atoms with Crippen LogP contribution in [0.5, 0.6) is 0 Å². The minimum Gasteiger partial charge on any atom is -0.336 e. The van der Waals surface area contributed by atoms with E-state index in [1.807, 2.05) is 30.9 Å². The molecule has 2 saturated heterocycles. The van der Waals surface area contributed by atoms with Crippen molar-refractivity contribution in [1.29, 1.82) is 0 Å². The number of hydrogen-bond donors (Lipinski definition) is 1. The molecule has 6 heteroatoms. The number of nitrogens with one attached hydrogen (secondary N) is 1. The molecule has 0 aromatic heterocycles. The van der Waals surface area contributed by atoms with Crippen molar-refractivity contribution in [2.24, 2.45) is 5.92 Å². The van der Waals surface area contributed by atoms with Crippen molar-refractivity contribution in [3.05, 3.63) is 29.3 Å². The van der Waals surface area contributed by atoms with Gasteiger partial charge in [-0.05, 0) is 82.7 Å². The van der Waals surface area contributed by atoms with Crippen molar-refractivity contribution in [1.82, 2.24) is 14.7 Å². The summed E-state index contributed by atoms with van der Waals surface area (Å²) in [7, 11) is 0. The van der Waals surface area contributed by atoms with E-state index in [1.165, 1.54) is 19.3 Å². The lowest BCUT2D eigenvalue weighted by Gasteiger charge is -2.42. The van der Waals surface area contributed by atoms with Gasteiger partial charge in [-0.25, -0.2) is 4.79 Å². The Kier molecular flexibility index (Phi) is 7.16. The fraction of sp³-hybridized carbons (Fsp3) is 0.680. The standard InChI is InChI=1S/C25H38N4O2/c1-19-10-11-20(2)23(17-19)26-25(31)28-14-6-9-22(18-28)29(24(30)21-7-5-8-21)16-15-27-12-3-4-13-27/h10-11,17,21-22H,3-9,12-16,18H2,1-2H3,(H,26,31). The first-order valence-corrected chi connectivity index (χ1v) is 12.2. The van der Waals surface area contributed by atoms with Crippen LogP contribution in [0.25, 0.3) is 0 Å². The molecule has 2 aliphatic heterocycles. The SMILES string of the molecule is Cc1ccc(C)c(NC(=O)N2CCCC(N(CCN3CCCC3)C(=O)C3CCC3)C2)c1. The average Bonchev–Trinajstić information content (AvgIpc) is 3.23. The minimum atomic E-state index is -0.0472. The Morgan fingerprint density at radius 3 is 2.52 bits per heavy atom. The number of likely N-dealkylation sites (tertiary alicyclic amines) is 2. The van der Waals surface area contributed by atoms with E-state index in [9.17, 15) is 9.59 Å². The van der Waals surface area contributed by atoms with Crippen molar-refractivity contribution < 1.29 is 9.59 Å². The van der Waals surface area contributed by atoms with Crippen LogP contribution < -0.4 is 5.32 Å². The second kappa shape index (κ2) is 10.0. The number of urea groups is 1. The van der Waals surface area contributed by atoms with E-state index in [1.54, 1.807) is 0 Å². The van der Waals surface area contributed by atoms with Crippen LogP contribution >= 0.6 is 0 Å². The molecule has 3 amide bonds. The first-order valence-electron chi connectivity index (χ1n) is 12.2.